The number of aliphatic hydroxyl groups is 1. The Kier molecular flexibility index (Phi) is 8.25. The summed E-state index contributed by atoms with van der Waals surface area (Å²) in [5.74, 6) is 0.764. The molecule has 2 saturated carbocycles. The third-order valence-electron chi connectivity index (χ3n) is 3.59. The predicted molar refractivity (Wildman–Crippen MR) is 90.0 cm³/mol. The van der Waals surface area contributed by atoms with Gasteiger partial charge in [-0.3, -0.25) is 4.79 Å². The number of ether oxygens (including phenoxy) is 1. The number of hydrogen-bond acceptors (Lipinski definition) is 3. The standard InChI is InChI=1S/C15H17O3.C5H5.Fe/c1-9(2)15(17)13(16)12(11-7-5-6-8-11)14(15)18-10(3)4;1-2-4-5-3-1;/h5-8,10,17H,1H2,2-4H3;1-5H;/q;;+2. The second-order valence-electron chi connectivity index (χ2n) is 5.83. The molecular formula is C20H22FeO3+2. The Bertz CT molecular complexity index is 478. The van der Waals surface area contributed by atoms with Crippen LogP contribution in [0.2, 0.25) is 0 Å². The van der Waals surface area contributed by atoms with Crippen LogP contribution in [-0.2, 0) is 26.6 Å². The molecule has 0 saturated heterocycles. The molecule has 3 aliphatic carbocycles. The van der Waals surface area contributed by atoms with Gasteiger partial charge in [-0.2, -0.15) is 0 Å². The Morgan fingerprint density at radius 2 is 1.54 bits per heavy atom. The number of carbonyl (C=O) groups excluding carboxylic acids is 1. The van der Waals surface area contributed by atoms with Crippen LogP contribution in [0, 0.1) is 63.7 Å². The van der Waals surface area contributed by atoms with E-state index in [0.29, 0.717) is 16.9 Å². The van der Waals surface area contributed by atoms with Gasteiger partial charge in [0.25, 0.3) is 0 Å². The molecule has 1 N–H and O–H groups in total. The molecule has 0 aromatic rings. The maximum atomic E-state index is 12.2. The molecular weight excluding hydrogens is 344 g/mol. The second-order valence-corrected chi connectivity index (χ2v) is 5.83. The van der Waals surface area contributed by atoms with E-state index >= 15 is 0 Å². The van der Waals surface area contributed by atoms with E-state index in [-0.39, 0.29) is 29.0 Å². The molecule has 126 valence electrons. The third-order valence-corrected chi connectivity index (χ3v) is 3.59. The molecule has 10 radical (unpaired) electrons. The van der Waals surface area contributed by atoms with Gasteiger partial charge in [-0.25, -0.2) is 0 Å². The molecule has 0 heterocycles. The van der Waals surface area contributed by atoms with Crippen LogP contribution in [0.25, 0.3) is 0 Å². The Morgan fingerprint density at radius 3 is 1.92 bits per heavy atom. The van der Waals surface area contributed by atoms with Crippen molar-refractivity contribution in [3.63, 3.8) is 0 Å². The SMILES string of the molecule is C=C(C)C1(O)C(=O)C([C]2[CH][CH][CH][CH]2)=C1OC(C)C.[CH]1[CH][CH][CH][CH]1.[Fe+2]. The number of hydrogen-bond donors (Lipinski definition) is 1. The normalized spacial score (nSPS) is 26.6. The van der Waals surface area contributed by atoms with Gasteiger partial charge < -0.3 is 9.84 Å². The summed E-state index contributed by atoms with van der Waals surface area (Å²) in [7, 11) is 0. The quantitative estimate of drug-likeness (QED) is 0.615. The van der Waals surface area contributed by atoms with E-state index < -0.39 is 5.60 Å². The largest absolute Gasteiger partial charge is 2.00 e. The van der Waals surface area contributed by atoms with Crippen LogP contribution >= 0.6 is 0 Å². The van der Waals surface area contributed by atoms with Gasteiger partial charge in [0.05, 0.1) is 6.10 Å². The molecule has 2 fully saturated rings. The monoisotopic (exact) mass is 366 g/mol. The summed E-state index contributed by atoms with van der Waals surface area (Å²) in [5.41, 5.74) is -0.811. The van der Waals surface area contributed by atoms with Crippen molar-refractivity contribution >= 4 is 5.78 Å². The minimum absolute atomic E-state index is 0. The summed E-state index contributed by atoms with van der Waals surface area (Å²) in [6.45, 7) is 9.03. The van der Waals surface area contributed by atoms with E-state index in [0.717, 1.165) is 5.92 Å². The molecule has 0 amide bonds. The molecule has 0 aliphatic heterocycles. The van der Waals surface area contributed by atoms with Crippen molar-refractivity contribution in [2.24, 2.45) is 0 Å². The summed E-state index contributed by atoms with van der Waals surface area (Å²) in [5, 5.41) is 10.4. The van der Waals surface area contributed by atoms with Crippen molar-refractivity contribution < 1.29 is 31.7 Å². The van der Waals surface area contributed by atoms with E-state index in [2.05, 4.69) is 6.58 Å². The van der Waals surface area contributed by atoms with Gasteiger partial charge in [0.1, 0.15) is 5.76 Å². The van der Waals surface area contributed by atoms with Gasteiger partial charge in [0.2, 0.25) is 11.4 Å². The summed E-state index contributed by atoms with van der Waals surface area (Å²) in [6, 6.07) is 0. The van der Waals surface area contributed by atoms with Crippen LogP contribution < -0.4 is 0 Å². The Balaban J connectivity index is 0.000000412. The summed E-state index contributed by atoms with van der Waals surface area (Å²) >= 11 is 0. The minimum atomic E-state index is -1.66. The Morgan fingerprint density at radius 1 is 1.08 bits per heavy atom. The molecule has 4 heteroatoms. The molecule has 3 nitrogen and oxygen atoms in total. The maximum absolute atomic E-state index is 12.2. The van der Waals surface area contributed by atoms with Gasteiger partial charge >= 0.3 is 17.1 Å². The summed E-state index contributed by atoms with van der Waals surface area (Å²) < 4.78 is 5.62. The van der Waals surface area contributed by atoms with Crippen LogP contribution in [-0.4, -0.2) is 22.6 Å². The van der Waals surface area contributed by atoms with Crippen molar-refractivity contribution in [3.05, 3.63) is 87.2 Å². The molecule has 3 rings (SSSR count). The Labute approximate surface area is 157 Å². The fraction of sp³-hybridized carbons (Fsp3) is 0.250. The average Bonchev–Trinajstić information content (AvgIpc) is 3.21. The van der Waals surface area contributed by atoms with E-state index in [1.54, 1.807) is 6.92 Å². The first-order valence-corrected chi connectivity index (χ1v) is 7.62. The van der Waals surface area contributed by atoms with Crippen molar-refractivity contribution in [2.45, 2.75) is 32.5 Å². The third kappa shape index (κ3) is 4.33. The van der Waals surface area contributed by atoms with Gasteiger partial charge in [0.15, 0.2) is 0 Å². The minimum Gasteiger partial charge on any atom is -0.491 e. The van der Waals surface area contributed by atoms with Crippen LogP contribution in [0.4, 0.5) is 0 Å². The van der Waals surface area contributed by atoms with Crippen molar-refractivity contribution in [3.8, 4) is 0 Å². The number of rotatable bonds is 4. The number of carbonyl (C=O) groups is 1. The molecule has 1 unspecified atom stereocenters. The zero-order chi connectivity index (χ0) is 17.0. The molecule has 0 aromatic carbocycles. The van der Waals surface area contributed by atoms with Gasteiger partial charge in [-0.05, 0) is 84.1 Å². The topological polar surface area (TPSA) is 46.5 Å². The molecule has 0 aromatic heterocycles. The Hall–Kier alpha value is -0.571. The second kappa shape index (κ2) is 9.22. The molecule has 24 heavy (non-hydrogen) atoms. The maximum Gasteiger partial charge on any atom is 2.00 e. The van der Waals surface area contributed by atoms with Crippen LogP contribution in [0.1, 0.15) is 20.8 Å². The molecule has 3 aliphatic rings. The molecule has 0 bridgehead atoms. The van der Waals surface area contributed by atoms with Crippen molar-refractivity contribution in [1.29, 1.82) is 0 Å². The van der Waals surface area contributed by atoms with E-state index in [1.807, 2.05) is 71.6 Å². The number of ketones is 1. The molecule has 1 atom stereocenters. The van der Waals surface area contributed by atoms with E-state index in [9.17, 15) is 9.90 Å². The average molecular weight is 366 g/mol. The predicted octanol–water partition coefficient (Wildman–Crippen LogP) is 2.98. The summed E-state index contributed by atoms with van der Waals surface area (Å²) in [4.78, 5) is 12.2. The smallest absolute Gasteiger partial charge is 0.491 e. The van der Waals surface area contributed by atoms with Gasteiger partial charge in [-0.1, -0.05) is 6.58 Å². The number of Topliss-reactive ketones (excluding diaryl/α,β-unsaturated/α-hetero) is 1. The fourth-order valence-corrected chi connectivity index (χ4v) is 2.40. The van der Waals surface area contributed by atoms with E-state index in [1.165, 1.54) is 0 Å². The van der Waals surface area contributed by atoms with Crippen LogP contribution in [0.5, 0.6) is 0 Å². The zero-order valence-corrected chi connectivity index (χ0v) is 15.2. The van der Waals surface area contributed by atoms with Crippen molar-refractivity contribution in [2.75, 3.05) is 0 Å². The molecule has 0 spiro atoms. The van der Waals surface area contributed by atoms with Gasteiger partial charge in [-0.15, -0.1) is 0 Å². The first-order valence-electron chi connectivity index (χ1n) is 7.62. The first kappa shape index (κ1) is 21.5. The zero-order valence-electron chi connectivity index (χ0n) is 14.1. The summed E-state index contributed by atoms with van der Waals surface area (Å²) in [6.07, 6.45) is 17.2. The van der Waals surface area contributed by atoms with Crippen molar-refractivity contribution in [1.82, 2.24) is 0 Å². The first-order chi connectivity index (χ1) is 10.9. The van der Waals surface area contributed by atoms with E-state index in [4.69, 9.17) is 4.74 Å². The fourth-order valence-electron chi connectivity index (χ4n) is 2.40. The van der Waals surface area contributed by atoms with Gasteiger partial charge in [0, 0.05) is 11.5 Å². The van der Waals surface area contributed by atoms with Crippen LogP contribution in [0.15, 0.2) is 23.5 Å². The van der Waals surface area contributed by atoms with Crippen LogP contribution in [0.3, 0.4) is 0 Å².